The fourth-order valence-electron chi connectivity index (χ4n) is 22.3. The van der Waals surface area contributed by atoms with Crippen molar-refractivity contribution in [1.29, 1.82) is 0 Å². The van der Waals surface area contributed by atoms with Crippen molar-refractivity contribution < 1.29 is 0 Å². The highest BCUT2D eigenvalue weighted by Crippen LogP contribution is 2.64. The normalized spacial score (nSPS) is 14.1. The lowest BCUT2D eigenvalue weighted by atomic mass is 9.33. The maximum Gasteiger partial charge on any atom is 0.252 e. The topological polar surface area (TPSA) is 16.3 Å². The Labute approximate surface area is 770 Å². The number of hydrogen-bond acceptors (Lipinski definition) is 2. The second-order valence-corrected chi connectivity index (χ2v) is 44.9. The Balaban J connectivity index is 0.893. The Morgan fingerprint density at radius 2 is 0.515 bits per heavy atom. The number of rotatable bonds is 8. The molecular formula is C125H117BN4. The van der Waals surface area contributed by atoms with Gasteiger partial charge in [0.05, 0.1) is 38.9 Å². The molecule has 2 aromatic heterocycles. The van der Waals surface area contributed by atoms with Gasteiger partial charge in [0.2, 0.25) is 0 Å². The molecule has 0 N–H and O–H groups in total. The highest BCUT2D eigenvalue weighted by molar-refractivity contribution is 7.00. The molecule has 0 saturated heterocycles. The Morgan fingerprint density at radius 1 is 0.208 bits per heavy atom. The quantitative estimate of drug-likeness (QED) is 0.141. The Kier molecular flexibility index (Phi) is 18.3. The van der Waals surface area contributed by atoms with Crippen molar-refractivity contribution in [1.82, 2.24) is 9.13 Å². The predicted molar refractivity (Wildman–Crippen MR) is 558 cm³/mol. The van der Waals surface area contributed by atoms with Crippen molar-refractivity contribution in [3.63, 3.8) is 0 Å². The summed E-state index contributed by atoms with van der Waals surface area (Å²) in [6, 6.07) is 130. The van der Waals surface area contributed by atoms with Crippen molar-refractivity contribution in [2.45, 2.75) is 189 Å². The van der Waals surface area contributed by atoms with E-state index in [0.717, 1.165) is 95.5 Å². The van der Waals surface area contributed by atoms with E-state index in [0.29, 0.717) is 0 Å². The monoisotopic (exact) mass is 1680 g/mol. The Morgan fingerprint density at radius 3 is 0.885 bits per heavy atom. The van der Waals surface area contributed by atoms with Gasteiger partial charge < -0.3 is 18.9 Å². The summed E-state index contributed by atoms with van der Waals surface area (Å²) in [7, 11) is 0. The van der Waals surface area contributed by atoms with Gasteiger partial charge in [-0.15, -0.1) is 0 Å². The molecule has 2 aliphatic carbocycles. The number of anilines is 6. The van der Waals surface area contributed by atoms with Gasteiger partial charge in [-0.25, -0.2) is 0 Å². The highest BCUT2D eigenvalue weighted by atomic mass is 15.2. The van der Waals surface area contributed by atoms with E-state index < -0.39 is 5.41 Å². The highest BCUT2D eigenvalue weighted by Gasteiger charge is 2.53. The van der Waals surface area contributed by atoms with E-state index in [1.54, 1.807) is 0 Å². The summed E-state index contributed by atoms with van der Waals surface area (Å²) in [5.74, 6) is 0. The van der Waals surface area contributed by atoms with Gasteiger partial charge in [-0.1, -0.05) is 394 Å². The van der Waals surface area contributed by atoms with Crippen LogP contribution in [0.25, 0.3) is 122 Å². The number of nitrogens with zero attached hydrogens (tertiary/aromatic N) is 4. The minimum atomic E-state index is -0.562. The molecule has 0 unspecified atom stereocenters. The molecule has 640 valence electrons. The zero-order valence-corrected chi connectivity index (χ0v) is 79.5. The van der Waals surface area contributed by atoms with Crippen molar-refractivity contribution in [2.75, 3.05) is 9.80 Å². The SMILES string of the molecule is CC(C)(C)c1ccc(-c2cccc(-c3ccc(C(C)(C)C)cc3)c2N2c3cc(-n4c5ccc(C(C)(C)C)cc5c5cc(C(C)(C)C)ccc54)ccc3B3c4ccc(-n5c6ccccc6c6cc7c(cc65)C5(c6ccccc6-c6ccccc65)c5ccccc5-7)cc4N(c4c(-c5ccc(C(C)(C)C)cc5)cccc4-c4ccc(C(C)(C)C)cc4)c4cc(C(C)(C)C)cc2c43)cc1. The first-order valence-electron chi connectivity index (χ1n) is 47.1. The molecule has 4 aliphatic rings. The minimum absolute atomic E-state index is 0.0689. The molecule has 0 amide bonds. The van der Waals surface area contributed by atoms with E-state index in [1.165, 1.54) is 138 Å². The lowest BCUT2D eigenvalue weighted by Gasteiger charge is -2.46. The summed E-state index contributed by atoms with van der Waals surface area (Å²) in [5, 5.41) is 4.97. The first kappa shape index (κ1) is 82.5. The third kappa shape index (κ3) is 12.8. The van der Waals surface area contributed by atoms with Crippen molar-refractivity contribution in [3.05, 3.63) is 389 Å². The van der Waals surface area contributed by atoms with E-state index in [4.69, 9.17) is 0 Å². The molecule has 0 saturated carbocycles. The molecule has 16 aromatic carbocycles. The molecule has 5 heteroatoms. The smallest absolute Gasteiger partial charge is 0.252 e. The summed E-state index contributed by atoms with van der Waals surface area (Å²) in [4.78, 5) is 5.56. The van der Waals surface area contributed by atoms with Crippen LogP contribution < -0.4 is 26.2 Å². The fourth-order valence-corrected chi connectivity index (χ4v) is 22.3. The van der Waals surface area contributed by atoms with Crippen molar-refractivity contribution >= 4 is 101 Å². The first-order valence-corrected chi connectivity index (χ1v) is 47.1. The summed E-state index contributed by atoms with van der Waals surface area (Å²) >= 11 is 0. The van der Waals surface area contributed by atoms with Gasteiger partial charge in [0.1, 0.15) is 0 Å². The second kappa shape index (κ2) is 28.9. The van der Waals surface area contributed by atoms with E-state index in [9.17, 15) is 0 Å². The van der Waals surface area contributed by atoms with Crippen LogP contribution in [0, 0.1) is 0 Å². The zero-order valence-electron chi connectivity index (χ0n) is 79.5. The van der Waals surface area contributed by atoms with Crippen LogP contribution in [0.5, 0.6) is 0 Å². The van der Waals surface area contributed by atoms with Crippen LogP contribution in [0.15, 0.2) is 328 Å². The third-order valence-electron chi connectivity index (χ3n) is 29.5. The van der Waals surface area contributed by atoms with Gasteiger partial charge in [0.25, 0.3) is 6.71 Å². The van der Waals surface area contributed by atoms with Crippen LogP contribution in [0.1, 0.15) is 207 Å². The summed E-state index contributed by atoms with van der Waals surface area (Å²) in [6.07, 6.45) is 0. The predicted octanol–water partition coefficient (Wildman–Crippen LogP) is 32.1. The van der Waals surface area contributed by atoms with Crippen LogP contribution in [0.2, 0.25) is 0 Å². The van der Waals surface area contributed by atoms with Crippen LogP contribution in [-0.4, -0.2) is 15.8 Å². The molecule has 22 rings (SSSR count). The average molecular weight is 1690 g/mol. The van der Waals surface area contributed by atoms with Crippen LogP contribution in [0.4, 0.5) is 34.1 Å². The first-order chi connectivity index (χ1) is 61.9. The number of benzene rings is 16. The third-order valence-corrected chi connectivity index (χ3v) is 29.5. The van der Waals surface area contributed by atoms with E-state index in [2.05, 4.69) is 492 Å². The molecule has 0 atom stereocenters. The number of hydrogen-bond donors (Lipinski definition) is 0. The van der Waals surface area contributed by atoms with Crippen LogP contribution >= 0.6 is 0 Å². The lowest BCUT2D eigenvalue weighted by molar-refractivity contribution is 0.590. The lowest BCUT2D eigenvalue weighted by Crippen LogP contribution is -2.61. The standard InChI is InChI=1S/C125H117BN4/c1-118(2,3)80-52-44-76(45-53-80)89-36-30-37-90(77-46-54-81(55-47-77)119(4,5)6)116(89)129-111-72-87(127-108-66-60-84(122(13,14)15)68-98(108)99-69-85(123(16,17)18)61-67-109(99)127)62-64-105(111)126-106-65-63-88(128-107-43-29-25-35-96(107)100-74-97-95-34-24-28-42-103(95)125(104(97)75-110(100)128)101-40-26-22-32-93(101)94-33-23-27-41-102(94)125)73-112(106)130(114-71-86(124(19,20)21)70-113(129)115(114)126)117-91(78-48-56-82(57-49-78)120(7,8)9)38-31-39-92(117)79-50-58-83(59-51-79)121(10,11)12/h22-75H,1-21H3. The van der Waals surface area contributed by atoms with Gasteiger partial charge in [-0.05, 0) is 239 Å². The molecule has 2 aliphatic heterocycles. The molecule has 0 fully saturated rings. The molecule has 18 aromatic rings. The molecule has 4 nitrogen and oxygen atoms in total. The summed E-state index contributed by atoms with van der Waals surface area (Å²) in [6.45, 7) is 49.0. The molecule has 0 radical (unpaired) electrons. The van der Waals surface area contributed by atoms with Gasteiger partial charge in [0.15, 0.2) is 0 Å². The largest absolute Gasteiger partial charge is 0.310 e. The number of aromatic nitrogens is 2. The van der Waals surface area contributed by atoms with E-state index in [1.807, 2.05) is 0 Å². The van der Waals surface area contributed by atoms with Crippen molar-refractivity contribution in [3.8, 4) is 78.1 Å². The maximum absolute atomic E-state index is 2.78. The zero-order chi connectivity index (χ0) is 90.3. The van der Waals surface area contributed by atoms with E-state index in [-0.39, 0.29) is 44.6 Å². The second-order valence-electron chi connectivity index (χ2n) is 44.9. The Bertz CT molecular complexity index is 7450. The molecular weight excluding hydrogens is 1570 g/mol. The number of fused-ring (bicyclic) bond motifs is 20. The van der Waals surface area contributed by atoms with Gasteiger partial charge in [0, 0.05) is 77.9 Å². The van der Waals surface area contributed by atoms with Crippen LogP contribution in [-0.2, 0) is 43.3 Å². The molecule has 130 heavy (non-hydrogen) atoms. The fraction of sp³-hybridized carbons (Fsp3) is 0.232. The van der Waals surface area contributed by atoms with E-state index >= 15 is 0 Å². The van der Waals surface area contributed by atoms with Crippen molar-refractivity contribution in [2.24, 2.45) is 0 Å². The Hall–Kier alpha value is -13.2. The molecule has 1 spiro atoms. The van der Waals surface area contributed by atoms with Gasteiger partial charge in [-0.2, -0.15) is 0 Å². The maximum atomic E-state index is 2.78. The average Bonchev–Trinajstić information content (AvgIpc) is 1.55. The summed E-state index contributed by atoms with van der Waals surface area (Å²) in [5.41, 5.74) is 44.7. The number of para-hydroxylation sites is 3. The molecule has 4 heterocycles. The van der Waals surface area contributed by atoms with Gasteiger partial charge >= 0.3 is 0 Å². The van der Waals surface area contributed by atoms with Crippen LogP contribution in [0.3, 0.4) is 0 Å². The van der Waals surface area contributed by atoms with Gasteiger partial charge in [-0.3, -0.25) is 0 Å². The molecule has 0 bridgehead atoms. The minimum Gasteiger partial charge on any atom is -0.310 e. The summed E-state index contributed by atoms with van der Waals surface area (Å²) < 4.78 is 5.22.